The smallest absolute Gasteiger partial charge is 0.00222 e. The molecule has 1 aromatic rings. The Bertz CT molecular complexity index is 472. The van der Waals surface area contributed by atoms with Crippen LogP contribution >= 0.6 is 0 Å². The molecule has 0 saturated carbocycles. The first-order valence-corrected chi connectivity index (χ1v) is 10.1. The zero-order chi connectivity index (χ0) is 16.8. The van der Waals surface area contributed by atoms with E-state index in [1.54, 1.807) is 33.4 Å². The summed E-state index contributed by atoms with van der Waals surface area (Å²) < 4.78 is 0. The van der Waals surface area contributed by atoms with Gasteiger partial charge in [-0.25, -0.2) is 0 Å². The fourth-order valence-electron chi connectivity index (χ4n) is 4.66. The van der Waals surface area contributed by atoms with Gasteiger partial charge in [0.1, 0.15) is 0 Å². The third-order valence-electron chi connectivity index (χ3n) is 5.78. The normalized spacial score (nSPS) is 15.5. The van der Waals surface area contributed by atoms with Gasteiger partial charge in [-0.2, -0.15) is 0 Å². The average molecular weight is 316 g/mol. The molecule has 0 bridgehead atoms. The molecule has 0 fully saturated rings. The van der Waals surface area contributed by atoms with Gasteiger partial charge >= 0.3 is 0 Å². The van der Waals surface area contributed by atoms with Crippen molar-refractivity contribution in [3.63, 3.8) is 0 Å². The van der Waals surface area contributed by atoms with Crippen LogP contribution in [-0.4, -0.2) is 24.5 Å². The van der Waals surface area contributed by atoms with Crippen molar-refractivity contribution >= 4 is 0 Å². The fourth-order valence-corrected chi connectivity index (χ4v) is 4.66. The SMILES string of the molecule is CCCCN1CCc2c(CC)c(CC)c(CC)c(CC)c2CC1. The third-order valence-corrected chi connectivity index (χ3v) is 5.78. The van der Waals surface area contributed by atoms with Crippen LogP contribution in [0.25, 0.3) is 0 Å². The molecule has 1 heteroatoms. The second-order valence-electron chi connectivity index (χ2n) is 6.98. The highest BCUT2D eigenvalue weighted by Crippen LogP contribution is 2.33. The number of nitrogens with zero attached hydrogens (tertiary/aromatic N) is 1. The van der Waals surface area contributed by atoms with Gasteiger partial charge in [0, 0.05) is 13.1 Å². The van der Waals surface area contributed by atoms with Crippen molar-refractivity contribution in [3.05, 3.63) is 33.4 Å². The molecule has 1 aliphatic heterocycles. The van der Waals surface area contributed by atoms with Crippen LogP contribution in [0.3, 0.4) is 0 Å². The zero-order valence-electron chi connectivity index (χ0n) is 16.2. The number of rotatable bonds is 7. The van der Waals surface area contributed by atoms with Gasteiger partial charge in [-0.15, -0.1) is 0 Å². The molecule has 130 valence electrons. The van der Waals surface area contributed by atoms with Crippen LogP contribution in [0, 0.1) is 0 Å². The summed E-state index contributed by atoms with van der Waals surface area (Å²) in [6, 6.07) is 0. The van der Waals surface area contributed by atoms with Crippen molar-refractivity contribution in [2.45, 2.75) is 86.0 Å². The summed E-state index contributed by atoms with van der Waals surface area (Å²) in [5.41, 5.74) is 10.2. The van der Waals surface area contributed by atoms with E-state index in [4.69, 9.17) is 0 Å². The Morgan fingerprint density at radius 1 is 0.652 bits per heavy atom. The molecule has 1 nitrogen and oxygen atoms in total. The Kier molecular flexibility index (Phi) is 7.14. The van der Waals surface area contributed by atoms with Crippen LogP contribution in [0.15, 0.2) is 0 Å². The highest BCUT2D eigenvalue weighted by Gasteiger charge is 2.23. The fraction of sp³-hybridized carbons (Fsp3) is 0.727. The maximum absolute atomic E-state index is 2.71. The lowest BCUT2D eigenvalue weighted by Gasteiger charge is -2.24. The second kappa shape index (κ2) is 8.87. The summed E-state index contributed by atoms with van der Waals surface area (Å²) in [5, 5.41) is 0. The quantitative estimate of drug-likeness (QED) is 0.673. The van der Waals surface area contributed by atoms with Crippen molar-refractivity contribution < 1.29 is 0 Å². The molecular formula is C22H37N. The van der Waals surface area contributed by atoms with E-state index < -0.39 is 0 Å². The van der Waals surface area contributed by atoms with Crippen LogP contribution in [0.5, 0.6) is 0 Å². The van der Waals surface area contributed by atoms with Gasteiger partial charge in [-0.05, 0) is 84.9 Å². The molecule has 1 aliphatic rings. The minimum Gasteiger partial charge on any atom is -0.303 e. The monoisotopic (exact) mass is 315 g/mol. The number of hydrogen-bond donors (Lipinski definition) is 0. The Morgan fingerprint density at radius 2 is 1.09 bits per heavy atom. The number of unbranched alkanes of at least 4 members (excludes halogenated alkanes) is 1. The maximum Gasteiger partial charge on any atom is 0.00222 e. The van der Waals surface area contributed by atoms with Gasteiger partial charge in [-0.3, -0.25) is 0 Å². The highest BCUT2D eigenvalue weighted by molar-refractivity contribution is 5.53. The van der Waals surface area contributed by atoms with Crippen LogP contribution in [0.2, 0.25) is 0 Å². The molecule has 23 heavy (non-hydrogen) atoms. The third kappa shape index (κ3) is 3.82. The van der Waals surface area contributed by atoms with Gasteiger partial charge in [0.05, 0.1) is 0 Å². The molecule has 1 heterocycles. The van der Waals surface area contributed by atoms with Crippen LogP contribution in [0.4, 0.5) is 0 Å². The zero-order valence-corrected chi connectivity index (χ0v) is 16.2. The van der Waals surface area contributed by atoms with E-state index in [-0.39, 0.29) is 0 Å². The molecular weight excluding hydrogens is 278 g/mol. The summed E-state index contributed by atoms with van der Waals surface area (Å²) in [6.07, 6.45) is 10.0. The highest BCUT2D eigenvalue weighted by atomic mass is 15.1. The Hall–Kier alpha value is -0.820. The van der Waals surface area contributed by atoms with Crippen molar-refractivity contribution in [1.29, 1.82) is 0 Å². The molecule has 0 atom stereocenters. The topological polar surface area (TPSA) is 3.24 Å². The molecule has 0 aromatic heterocycles. The maximum atomic E-state index is 2.71. The van der Waals surface area contributed by atoms with Gasteiger partial charge in [0.25, 0.3) is 0 Å². The number of hydrogen-bond acceptors (Lipinski definition) is 1. The summed E-state index contributed by atoms with van der Waals surface area (Å²) >= 11 is 0. The molecule has 0 spiro atoms. The summed E-state index contributed by atoms with van der Waals surface area (Å²) in [4.78, 5) is 2.71. The van der Waals surface area contributed by atoms with Crippen LogP contribution in [-0.2, 0) is 38.5 Å². The molecule has 0 aliphatic carbocycles. The standard InChI is InChI=1S/C22H37N/c1-6-11-14-23-15-12-21-19(9-4)17(7-2)18(8-3)20(10-5)22(21)13-16-23/h6-16H2,1-5H3. The van der Waals surface area contributed by atoms with Crippen molar-refractivity contribution in [1.82, 2.24) is 4.90 Å². The Balaban J connectivity index is 2.46. The van der Waals surface area contributed by atoms with Gasteiger partial charge in [0.2, 0.25) is 0 Å². The lowest BCUT2D eigenvalue weighted by atomic mass is 9.81. The van der Waals surface area contributed by atoms with Gasteiger partial charge < -0.3 is 4.90 Å². The van der Waals surface area contributed by atoms with E-state index in [0.29, 0.717) is 0 Å². The predicted molar refractivity (Wildman–Crippen MR) is 103 cm³/mol. The second-order valence-corrected chi connectivity index (χ2v) is 6.98. The summed E-state index contributed by atoms with van der Waals surface area (Å²) in [7, 11) is 0. The van der Waals surface area contributed by atoms with Crippen LogP contribution < -0.4 is 0 Å². The predicted octanol–water partition coefficient (Wildman–Crippen LogP) is 5.14. The van der Waals surface area contributed by atoms with E-state index in [9.17, 15) is 0 Å². The first-order valence-electron chi connectivity index (χ1n) is 10.1. The lowest BCUT2D eigenvalue weighted by molar-refractivity contribution is 0.282. The Labute approximate surface area is 144 Å². The summed E-state index contributed by atoms with van der Waals surface area (Å²) in [5.74, 6) is 0. The van der Waals surface area contributed by atoms with Crippen molar-refractivity contribution in [2.24, 2.45) is 0 Å². The molecule has 1 aromatic carbocycles. The first-order chi connectivity index (χ1) is 11.2. The van der Waals surface area contributed by atoms with Crippen molar-refractivity contribution in [3.8, 4) is 0 Å². The van der Waals surface area contributed by atoms with E-state index in [1.807, 2.05) is 0 Å². The lowest BCUT2D eigenvalue weighted by Crippen LogP contribution is -2.27. The average Bonchev–Trinajstić information content (AvgIpc) is 2.80. The molecule has 0 N–H and O–H groups in total. The number of fused-ring (bicyclic) bond motifs is 1. The van der Waals surface area contributed by atoms with E-state index in [1.165, 1.54) is 71.0 Å². The number of benzene rings is 1. The Morgan fingerprint density at radius 3 is 1.43 bits per heavy atom. The molecule has 0 radical (unpaired) electrons. The minimum absolute atomic E-state index is 1.20. The van der Waals surface area contributed by atoms with E-state index >= 15 is 0 Å². The van der Waals surface area contributed by atoms with Crippen LogP contribution in [0.1, 0.15) is 80.8 Å². The van der Waals surface area contributed by atoms with Gasteiger partial charge in [-0.1, -0.05) is 41.0 Å². The molecule has 0 amide bonds. The molecule has 0 unspecified atom stereocenters. The first kappa shape index (κ1) is 18.5. The molecule has 0 saturated heterocycles. The molecule has 2 rings (SSSR count). The largest absolute Gasteiger partial charge is 0.303 e. The van der Waals surface area contributed by atoms with Crippen molar-refractivity contribution in [2.75, 3.05) is 19.6 Å². The van der Waals surface area contributed by atoms with Gasteiger partial charge in [0.15, 0.2) is 0 Å². The minimum atomic E-state index is 1.20. The van der Waals surface area contributed by atoms with E-state index in [2.05, 4.69) is 39.5 Å². The van der Waals surface area contributed by atoms with E-state index in [0.717, 1.165) is 0 Å². The summed E-state index contributed by atoms with van der Waals surface area (Å²) in [6.45, 7) is 15.5.